The van der Waals surface area contributed by atoms with E-state index in [1.54, 1.807) is 0 Å². The van der Waals surface area contributed by atoms with Crippen LogP contribution in [-0.2, 0) is 21.1 Å². The molecule has 1 rings (SSSR count). The van der Waals surface area contributed by atoms with Gasteiger partial charge in [-0.05, 0) is 12.1 Å². The van der Waals surface area contributed by atoms with Crippen LogP contribution >= 0.6 is 0 Å². The average Bonchev–Trinajstić information content (AvgIpc) is 1.69. The van der Waals surface area contributed by atoms with E-state index >= 15 is 0 Å². The van der Waals surface area contributed by atoms with Gasteiger partial charge in [0.1, 0.15) is 0 Å². The molecule has 0 unspecified atom stereocenters. The normalized spacial score (nSPS) is 7.50. The zero-order valence-electron chi connectivity index (χ0n) is 4.37. The predicted octanol–water partition coefficient (Wildman–Crippen LogP) is 1.27. The van der Waals surface area contributed by atoms with Gasteiger partial charge in [-0.15, -0.1) is 0 Å². The van der Waals surface area contributed by atoms with Crippen molar-refractivity contribution >= 4 is 5.69 Å². The second kappa shape index (κ2) is 3.68. The van der Waals surface area contributed by atoms with Crippen molar-refractivity contribution in [1.29, 1.82) is 0 Å². The minimum absolute atomic E-state index is 0. The molecular formula is C6H7NW. The van der Waals surface area contributed by atoms with Crippen LogP contribution in [0.1, 0.15) is 0 Å². The number of benzene rings is 1. The molecule has 0 spiro atoms. The Balaban J connectivity index is 0.000000490. The molecule has 8 heavy (non-hydrogen) atoms. The third-order valence-electron chi connectivity index (χ3n) is 0.800. The molecular weight excluding hydrogens is 270 g/mol. The summed E-state index contributed by atoms with van der Waals surface area (Å²) < 4.78 is 0. The average molecular weight is 277 g/mol. The van der Waals surface area contributed by atoms with Crippen LogP contribution in [0.2, 0.25) is 0 Å². The zero-order valence-corrected chi connectivity index (χ0v) is 7.31. The van der Waals surface area contributed by atoms with Gasteiger partial charge in [0, 0.05) is 26.8 Å². The minimum atomic E-state index is 0. The molecule has 0 radical (unpaired) electrons. The third-order valence-corrected chi connectivity index (χ3v) is 0.800. The van der Waals surface area contributed by atoms with Crippen LogP contribution in [0.4, 0.5) is 5.69 Å². The van der Waals surface area contributed by atoms with Gasteiger partial charge in [0.15, 0.2) is 0 Å². The molecule has 0 aliphatic heterocycles. The maximum absolute atomic E-state index is 5.36. The van der Waals surface area contributed by atoms with Crippen molar-refractivity contribution in [1.82, 2.24) is 0 Å². The molecule has 0 heterocycles. The molecule has 42 valence electrons. The smallest absolute Gasteiger partial charge is 0.0313 e. The zero-order chi connectivity index (χ0) is 5.11. The molecule has 0 fully saturated rings. The molecule has 0 atom stereocenters. The second-order valence-corrected chi connectivity index (χ2v) is 1.41. The second-order valence-electron chi connectivity index (χ2n) is 1.41. The molecule has 0 bridgehead atoms. The van der Waals surface area contributed by atoms with E-state index < -0.39 is 0 Å². The number of nitrogens with two attached hydrogens (primary N) is 1. The molecule has 1 aromatic rings. The van der Waals surface area contributed by atoms with E-state index in [1.165, 1.54) is 0 Å². The number of hydrogen-bond acceptors (Lipinski definition) is 1. The monoisotopic (exact) mass is 277 g/mol. The van der Waals surface area contributed by atoms with E-state index in [4.69, 9.17) is 5.73 Å². The van der Waals surface area contributed by atoms with Gasteiger partial charge in [0.2, 0.25) is 0 Å². The fraction of sp³-hybridized carbons (Fsp3) is 0. The van der Waals surface area contributed by atoms with Crippen molar-refractivity contribution < 1.29 is 21.1 Å². The largest absolute Gasteiger partial charge is 0.399 e. The van der Waals surface area contributed by atoms with Crippen LogP contribution in [0.15, 0.2) is 30.3 Å². The Morgan fingerprint density at radius 3 is 1.75 bits per heavy atom. The van der Waals surface area contributed by atoms with Crippen LogP contribution in [0.25, 0.3) is 0 Å². The standard InChI is InChI=1S/C6H7N.W/c7-6-4-2-1-3-5-6;/h1-5H,7H2;. The first-order valence-corrected chi connectivity index (χ1v) is 2.20. The van der Waals surface area contributed by atoms with Crippen molar-refractivity contribution in [3.05, 3.63) is 30.3 Å². The van der Waals surface area contributed by atoms with Crippen molar-refractivity contribution in [2.45, 2.75) is 0 Å². The van der Waals surface area contributed by atoms with Crippen molar-refractivity contribution in [2.24, 2.45) is 0 Å². The fourth-order valence-electron chi connectivity index (χ4n) is 0.453. The first-order chi connectivity index (χ1) is 3.39. The van der Waals surface area contributed by atoms with E-state index in [0.29, 0.717) is 0 Å². The van der Waals surface area contributed by atoms with Crippen molar-refractivity contribution in [3.8, 4) is 0 Å². The molecule has 2 N–H and O–H groups in total. The van der Waals surface area contributed by atoms with Crippen LogP contribution in [0.3, 0.4) is 0 Å². The van der Waals surface area contributed by atoms with Gasteiger partial charge in [-0.3, -0.25) is 0 Å². The van der Waals surface area contributed by atoms with Crippen LogP contribution in [0, 0.1) is 0 Å². The Bertz CT molecular complexity index is 138. The summed E-state index contributed by atoms with van der Waals surface area (Å²) in [6, 6.07) is 9.49. The summed E-state index contributed by atoms with van der Waals surface area (Å²) in [4.78, 5) is 0. The maximum Gasteiger partial charge on any atom is 0.0313 e. The van der Waals surface area contributed by atoms with E-state index in [-0.39, 0.29) is 21.1 Å². The van der Waals surface area contributed by atoms with E-state index in [9.17, 15) is 0 Å². The Morgan fingerprint density at radius 1 is 1.00 bits per heavy atom. The molecule has 0 aliphatic carbocycles. The molecule has 2 heteroatoms. The number of para-hydroxylation sites is 1. The number of rotatable bonds is 0. The number of anilines is 1. The fourth-order valence-corrected chi connectivity index (χ4v) is 0.453. The quantitative estimate of drug-likeness (QED) is 0.710. The van der Waals surface area contributed by atoms with Gasteiger partial charge in [0.05, 0.1) is 0 Å². The van der Waals surface area contributed by atoms with E-state index in [2.05, 4.69) is 0 Å². The summed E-state index contributed by atoms with van der Waals surface area (Å²) in [7, 11) is 0. The molecule has 1 aromatic carbocycles. The Kier molecular flexibility index (Phi) is 3.54. The van der Waals surface area contributed by atoms with Gasteiger partial charge < -0.3 is 5.73 Å². The third kappa shape index (κ3) is 2.13. The summed E-state index contributed by atoms with van der Waals surface area (Å²) in [5, 5.41) is 0. The van der Waals surface area contributed by atoms with E-state index in [1.807, 2.05) is 30.3 Å². The van der Waals surface area contributed by atoms with Crippen LogP contribution in [-0.4, -0.2) is 0 Å². The maximum atomic E-state index is 5.36. The summed E-state index contributed by atoms with van der Waals surface area (Å²) in [5.41, 5.74) is 6.18. The molecule has 0 aliphatic rings. The van der Waals surface area contributed by atoms with Gasteiger partial charge in [-0.25, -0.2) is 0 Å². The summed E-state index contributed by atoms with van der Waals surface area (Å²) in [6.07, 6.45) is 0. The SMILES string of the molecule is Nc1ccccc1.[W]. The molecule has 1 nitrogen and oxygen atoms in total. The molecule has 0 saturated carbocycles. The molecule has 0 saturated heterocycles. The summed E-state index contributed by atoms with van der Waals surface area (Å²) in [5.74, 6) is 0. The topological polar surface area (TPSA) is 26.0 Å². The minimum Gasteiger partial charge on any atom is -0.399 e. The van der Waals surface area contributed by atoms with Crippen molar-refractivity contribution in [3.63, 3.8) is 0 Å². The molecule has 0 amide bonds. The summed E-state index contributed by atoms with van der Waals surface area (Å²) in [6.45, 7) is 0. The van der Waals surface area contributed by atoms with Gasteiger partial charge >= 0.3 is 0 Å². The Morgan fingerprint density at radius 2 is 1.50 bits per heavy atom. The van der Waals surface area contributed by atoms with Gasteiger partial charge in [-0.1, -0.05) is 18.2 Å². The van der Waals surface area contributed by atoms with E-state index in [0.717, 1.165) is 5.69 Å². The Hall–Kier alpha value is -0.292. The Labute approximate surface area is 63.2 Å². The molecule has 0 aromatic heterocycles. The first kappa shape index (κ1) is 7.71. The van der Waals surface area contributed by atoms with Crippen molar-refractivity contribution in [2.75, 3.05) is 5.73 Å². The number of nitrogen functional groups attached to an aromatic ring is 1. The van der Waals surface area contributed by atoms with Crippen LogP contribution in [0.5, 0.6) is 0 Å². The first-order valence-electron chi connectivity index (χ1n) is 2.20. The predicted molar refractivity (Wildman–Crippen MR) is 30.9 cm³/mol. The summed E-state index contributed by atoms with van der Waals surface area (Å²) >= 11 is 0. The van der Waals surface area contributed by atoms with Gasteiger partial charge in [-0.2, -0.15) is 0 Å². The van der Waals surface area contributed by atoms with Crippen LogP contribution < -0.4 is 5.73 Å². The number of hydrogen-bond donors (Lipinski definition) is 1. The van der Waals surface area contributed by atoms with Gasteiger partial charge in [0.25, 0.3) is 0 Å².